The molecule has 7 N–H and O–H groups in total. The SMILES string of the molecule is CC(C)C(CC(=O)O)C(=O)N[C@@H](Cc1ccccc1)[C@H](O)[C@H](O)[C@H](Cc1ccccc1)NC(=O)[C@@H](NC(=O)OCc1cccnc1)C(C)C.O=C(O)C(F)(F)F. The molecule has 3 aromatic rings. The summed E-state index contributed by atoms with van der Waals surface area (Å²) < 4.78 is 37.0. The highest BCUT2D eigenvalue weighted by Gasteiger charge is 2.39. The Morgan fingerprint density at radius 1 is 0.696 bits per heavy atom. The quantitative estimate of drug-likeness (QED) is 0.0979. The lowest BCUT2D eigenvalue weighted by molar-refractivity contribution is -0.192. The lowest BCUT2D eigenvalue weighted by Gasteiger charge is -2.35. The van der Waals surface area contributed by atoms with Gasteiger partial charge in [0.15, 0.2) is 0 Å². The minimum absolute atomic E-state index is 0.0493. The normalized spacial score (nSPS) is 14.5. The second-order valence-electron chi connectivity index (χ2n) is 13.6. The number of benzene rings is 2. The van der Waals surface area contributed by atoms with Crippen LogP contribution in [0.1, 0.15) is 50.8 Å². The number of rotatable bonds is 18. The Hall–Kier alpha value is -5.55. The Kier molecular flexibility index (Phi) is 18.9. The summed E-state index contributed by atoms with van der Waals surface area (Å²) in [5.41, 5.74) is 2.19. The number of carboxylic acid groups (broad SMARTS) is 2. The van der Waals surface area contributed by atoms with Crippen LogP contribution < -0.4 is 16.0 Å². The number of carbonyl (C=O) groups is 5. The highest BCUT2D eigenvalue weighted by Crippen LogP contribution is 2.20. The van der Waals surface area contributed by atoms with E-state index in [1.807, 2.05) is 36.4 Å². The van der Waals surface area contributed by atoms with Gasteiger partial charge in [0.1, 0.15) is 24.9 Å². The van der Waals surface area contributed by atoms with Crippen LogP contribution in [0.2, 0.25) is 0 Å². The number of aliphatic hydroxyl groups excluding tert-OH is 2. The number of aliphatic hydroxyl groups is 2. The predicted molar refractivity (Wildman–Crippen MR) is 197 cm³/mol. The van der Waals surface area contributed by atoms with Gasteiger partial charge in [0.05, 0.1) is 24.4 Å². The van der Waals surface area contributed by atoms with Crippen LogP contribution in [0.5, 0.6) is 0 Å². The topological polar surface area (TPSA) is 224 Å². The monoisotopic (exact) mass is 790 g/mol. The molecule has 0 spiro atoms. The Bertz CT molecular complexity index is 1680. The van der Waals surface area contributed by atoms with E-state index in [1.165, 1.54) is 0 Å². The van der Waals surface area contributed by atoms with Crippen molar-refractivity contribution in [1.29, 1.82) is 0 Å². The molecular formula is C39H49F3N4O10. The molecule has 0 radical (unpaired) electrons. The molecule has 0 aliphatic carbocycles. The van der Waals surface area contributed by atoms with Crippen molar-refractivity contribution in [3.05, 3.63) is 102 Å². The van der Waals surface area contributed by atoms with E-state index in [-0.39, 0.29) is 31.3 Å². The van der Waals surface area contributed by atoms with Crippen LogP contribution in [0.25, 0.3) is 0 Å². The molecule has 1 aromatic heterocycles. The molecule has 1 unspecified atom stereocenters. The van der Waals surface area contributed by atoms with E-state index >= 15 is 0 Å². The van der Waals surface area contributed by atoms with E-state index in [0.29, 0.717) is 5.56 Å². The lowest BCUT2D eigenvalue weighted by atomic mass is 9.88. The number of pyridine rings is 1. The van der Waals surface area contributed by atoms with Crippen molar-refractivity contribution >= 4 is 29.8 Å². The molecule has 0 saturated heterocycles. The molecule has 0 aliphatic heterocycles. The van der Waals surface area contributed by atoms with Crippen LogP contribution in [0.15, 0.2) is 85.2 Å². The Morgan fingerprint density at radius 2 is 1.16 bits per heavy atom. The summed E-state index contributed by atoms with van der Waals surface area (Å²) in [7, 11) is 0. The van der Waals surface area contributed by atoms with E-state index in [1.54, 1.807) is 76.5 Å². The second kappa shape index (κ2) is 22.7. The van der Waals surface area contributed by atoms with Crippen LogP contribution in [-0.2, 0) is 43.4 Å². The number of nitrogens with one attached hydrogen (secondary N) is 3. The summed E-state index contributed by atoms with van der Waals surface area (Å²) in [4.78, 5) is 64.2. The molecule has 1 heterocycles. The van der Waals surface area contributed by atoms with Crippen molar-refractivity contribution in [2.45, 2.75) is 90.1 Å². The number of amides is 3. The maximum Gasteiger partial charge on any atom is 0.490 e. The molecule has 6 atom stereocenters. The van der Waals surface area contributed by atoms with Gasteiger partial charge in [0.25, 0.3) is 0 Å². The van der Waals surface area contributed by atoms with Gasteiger partial charge in [-0.15, -0.1) is 0 Å². The third-order valence-electron chi connectivity index (χ3n) is 8.52. The first kappa shape index (κ1) is 46.6. The molecule has 0 fully saturated rings. The summed E-state index contributed by atoms with van der Waals surface area (Å²) >= 11 is 0. The van der Waals surface area contributed by atoms with Crippen molar-refractivity contribution < 1.29 is 62.3 Å². The first-order valence-corrected chi connectivity index (χ1v) is 17.7. The number of carbonyl (C=O) groups excluding carboxylic acids is 3. The van der Waals surface area contributed by atoms with Crippen molar-refractivity contribution in [1.82, 2.24) is 20.9 Å². The summed E-state index contributed by atoms with van der Waals surface area (Å²) in [6.07, 6.45) is -6.10. The number of halogens is 3. The fourth-order valence-corrected chi connectivity index (χ4v) is 5.44. The van der Waals surface area contributed by atoms with Crippen molar-refractivity contribution in [3.8, 4) is 0 Å². The lowest BCUT2D eigenvalue weighted by Crippen LogP contribution is -2.60. The molecular weight excluding hydrogens is 741 g/mol. The van der Waals surface area contributed by atoms with E-state index in [2.05, 4.69) is 20.9 Å². The number of aliphatic carboxylic acids is 2. The number of alkyl carbamates (subject to hydrolysis) is 1. The van der Waals surface area contributed by atoms with Gasteiger partial charge in [0, 0.05) is 18.0 Å². The molecule has 0 bridgehead atoms. The van der Waals surface area contributed by atoms with Crippen LogP contribution in [0.4, 0.5) is 18.0 Å². The van der Waals surface area contributed by atoms with Crippen LogP contribution in [-0.4, -0.2) is 91.8 Å². The highest BCUT2D eigenvalue weighted by molar-refractivity contribution is 5.86. The van der Waals surface area contributed by atoms with Crippen molar-refractivity contribution in [2.75, 3.05) is 0 Å². The fourth-order valence-electron chi connectivity index (χ4n) is 5.44. The molecule has 56 heavy (non-hydrogen) atoms. The number of alkyl halides is 3. The Labute approximate surface area is 322 Å². The average molecular weight is 791 g/mol. The van der Waals surface area contributed by atoms with Crippen molar-refractivity contribution in [3.63, 3.8) is 0 Å². The van der Waals surface area contributed by atoms with Crippen LogP contribution in [0, 0.1) is 17.8 Å². The Morgan fingerprint density at radius 3 is 1.55 bits per heavy atom. The van der Waals surface area contributed by atoms with Crippen molar-refractivity contribution in [2.24, 2.45) is 17.8 Å². The zero-order valence-electron chi connectivity index (χ0n) is 31.3. The fraction of sp³-hybridized carbons (Fsp3) is 0.436. The third-order valence-corrected chi connectivity index (χ3v) is 8.52. The maximum absolute atomic E-state index is 13.7. The van der Waals surface area contributed by atoms with Gasteiger partial charge in [0.2, 0.25) is 11.8 Å². The van der Waals surface area contributed by atoms with Gasteiger partial charge in [-0.3, -0.25) is 19.4 Å². The van der Waals surface area contributed by atoms with Crippen LogP contribution in [0.3, 0.4) is 0 Å². The largest absolute Gasteiger partial charge is 0.490 e. The number of hydrogen-bond donors (Lipinski definition) is 7. The van der Waals surface area contributed by atoms with Gasteiger partial charge in [-0.25, -0.2) is 9.59 Å². The molecule has 14 nitrogen and oxygen atoms in total. The number of nitrogens with zero attached hydrogens (tertiary/aromatic N) is 1. The molecule has 0 aliphatic rings. The van der Waals surface area contributed by atoms with Gasteiger partial charge >= 0.3 is 24.2 Å². The van der Waals surface area contributed by atoms with Crippen LogP contribution >= 0.6 is 0 Å². The average Bonchev–Trinajstić information content (AvgIpc) is 3.14. The van der Waals surface area contributed by atoms with Gasteiger partial charge < -0.3 is 41.1 Å². The Balaban J connectivity index is 0.00000141. The smallest absolute Gasteiger partial charge is 0.481 e. The predicted octanol–water partition coefficient (Wildman–Crippen LogP) is 3.89. The molecule has 3 amide bonds. The standard InChI is InChI=1S/C37H48N4O8.C2HF3O2/c1-23(2)28(20-31(42)43)35(46)39-29(18-25-12-7-5-8-13-25)33(44)34(45)30(19-26-14-9-6-10-15-26)40-36(47)32(24(3)4)41-37(48)49-22-27-16-11-17-38-21-27;3-2(4,5)1(6)7/h5-17,21,23-24,28-30,32-34,44-45H,18-20,22H2,1-4H3,(H,39,46)(H,40,47)(H,41,48)(H,42,43);(H,6,7)/t28?,29-,30-,32-,33-,34+;/m0./s1. The van der Waals surface area contributed by atoms with E-state index in [4.69, 9.17) is 14.6 Å². The molecule has 17 heteroatoms. The summed E-state index contributed by atoms with van der Waals surface area (Å²) in [6, 6.07) is 18.4. The first-order chi connectivity index (χ1) is 26.3. The number of carboxylic acids is 2. The second-order valence-corrected chi connectivity index (χ2v) is 13.6. The third kappa shape index (κ3) is 16.4. The molecule has 3 rings (SSSR count). The maximum atomic E-state index is 13.7. The first-order valence-electron chi connectivity index (χ1n) is 17.7. The minimum Gasteiger partial charge on any atom is -0.481 e. The molecule has 306 valence electrons. The summed E-state index contributed by atoms with van der Waals surface area (Å²) in [5, 5.41) is 48.2. The highest BCUT2D eigenvalue weighted by atomic mass is 19.4. The van der Waals surface area contributed by atoms with E-state index < -0.39 is 78.7 Å². The van der Waals surface area contributed by atoms with Gasteiger partial charge in [-0.05, 0) is 41.9 Å². The van der Waals surface area contributed by atoms with Gasteiger partial charge in [-0.2, -0.15) is 13.2 Å². The number of ether oxygens (including phenoxy) is 1. The number of aromatic nitrogens is 1. The number of hydrogen-bond acceptors (Lipinski definition) is 9. The molecule has 0 saturated carbocycles. The van der Waals surface area contributed by atoms with E-state index in [9.17, 15) is 47.7 Å². The zero-order valence-corrected chi connectivity index (χ0v) is 31.3. The zero-order chi connectivity index (χ0) is 42.0. The van der Waals surface area contributed by atoms with E-state index in [0.717, 1.165) is 11.1 Å². The molecule has 2 aromatic carbocycles. The van der Waals surface area contributed by atoms with Gasteiger partial charge in [-0.1, -0.05) is 94.4 Å². The summed E-state index contributed by atoms with van der Waals surface area (Å²) in [5.74, 6) is -6.63. The minimum atomic E-state index is -5.08. The summed E-state index contributed by atoms with van der Waals surface area (Å²) in [6.45, 7) is 6.92.